The first-order valence-corrected chi connectivity index (χ1v) is 23.2. The van der Waals surface area contributed by atoms with Gasteiger partial charge >= 0.3 is 0 Å². The molecule has 1 fully saturated rings. The van der Waals surface area contributed by atoms with Gasteiger partial charge in [0, 0.05) is 48.6 Å². The average molecular weight is 964 g/mol. The van der Waals surface area contributed by atoms with Crippen molar-refractivity contribution in [3.8, 4) is 5.75 Å². The number of hydrogen-bond donors (Lipinski definition) is 11. The fraction of sp³-hybridized carbons (Fsp3) is 0.595. The molecule has 0 spiro atoms. The highest BCUT2D eigenvalue weighted by atomic mass is 32.2. The Morgan fingerprint density at radius 1 is 0.791 bits per heavy atom. The SMILES string of the molecule is CC[C@H](C)[C@H](NC(=O)CN(C)C(=O)[C@@H]1CCS(=O)CCC(=O)N[C@H](Cc2ccc(O)cc2)C(=O)N[C@@H]([C@@H](C)CC)C(=O)N[C@@H](CCC(N)=O)C(=O)N[C@@H](CC(N)=O)C(=O)N1)C(=O)NCC(N)=O. The second kappa shape index (κ2) is 27.7. The third kappa shape index (κ3) is 19.8. The molecule has 1 aromatic carbocycles. The van der Waals surface area contributed by atoms with E-state index >= 15 is 0 Å². The smallest absolute Gasteiger partial charge is 0.245 e. The number of phenolic OH excluding ortho intramolecular Hbond substituents is 1. The average Bonchev–Trinajstić information content (AvgIpc) is 3.27. The second-order valence-corrected chi connectivity index (χ2v) is 18.1. The molecule has 11 amide bonds. The molecule has 1 unspecified atom stereocenters. The predicted octanol–water partition coefficient (Wildman–Crippen LogP) is -4.32. The van der Waals surface area contributed by atoms with Crippen molar-refractivity contribution in [2.24, 2.45) is 29.0 Å². The zero-order valence-electron chi connectivity index (χ0n) is 38.3. The molecule has 24 nitrogen and oxygen atoms in total. The van der Waals surface area contributed by atoms with Crippen molar-refractivity contribution < 1.29 is 62.1 Å². The first kappa shape index (κ1) is 56.5. The Morgan fingerprint density at radius 3 is 1.99 bits per heavy atom. The van der Waals surface area contributed by atoms with Gasteiger partial charge in [-0.1, -0.05) is 52.7 Å². The molecule has 25 heteroatoms. The van der Waals surface area contributed by atoms with E-state index in [1.807, 2.05) is 0 Å². The minimum absolute atomic E-state index is 0.0585. The first-order valence-electron chi connectivity index (χ1n) is 21.8. The maximum Gasteiger partial charge on any atom is 0.245 e. The molecule has 67 heavy (non-hydrogen) atoms. The highest BCUT2D eigenvalue weighted by Gasteiger charge is 2.36. The van der Waals surface area contributed by atoms with Gasteiger partial charge in [-0.05, 0) is 42.4 Å². The van der Waals surface area contributed by atoms with E-state index in [-0.39, 0.29) is 36.5 Å². The second-order valence-electron chi connectivity index (χ2n) is 16.4. The van der Waals surface area contributed by atoms with E-state index in [9.17, 15) is 62.1 Å². The number of primary amides is 3. The summed E-state index contributed by atoms with van der Waals surface area (Å²) in [5.41, 5.74) is 16.5. The number of nitrogens with two attached hydrogens (primary N) is 3. The van der Waals surface area contributed by atoms with E-state index in [2.05, 4.69) is 37.2 Å². The molecule has 1 aliphatic rings. The molecule has 1 saturated heterocycles. The van der Waals surface area contributed by atoms with Crippen LogP contribution in [0.2, 0.25) is 0 Å². The number of amides is 11. The normalized spacial score (nSPS) is 22.7. The quantitative estimate of drug-likeness (QED) is 0.0664. The summed E-state index contributed by atoms with van der Waals surface area (Å²) in [7, 11) is -0.665. The minimum Gasteiger partial charge on any atom is -0.508 e. The fourth-order valence-electron chi connectivity index (χ4n) is 6.65. The summed E-state index contributed by atoms with van der Waals surface area (Å²) >= 11 is 0. The highest BCUT2D eigenvalue weighted by Crippen LogP contribution is 2.15. The van der Waals surface area contributed by atoms with Crippen molar-refractivity contribution in [1.29, 1.82) is 0 Å². The van der Waals surface area contributed by atoms with Gasteiger partial charge in [-0.15, -0.1) is 0 Å². The van der Waals surface area contributed by atoms with Crippen LogP contribution in [0.25, 0.3) is 0 Å². The topological polar surface area (TPSA) is 391 Å². The summed E-state index contributed by atoms with van der Waals surface area (Å²) < 4.78 is 13.4. The van der Waals surface area contributed by atoms with Gasteiger partial charge < -0.3 is 64.4 Å². The van der Waals surface area contributed by atoms with E-state index in [4.69, 9.17) is 17.2 Å². The summed E-state index contributed by atoms with van der Waals surface area (Å²) in [4.78, 5) is 146. The number of phenols is 1. The fourth-order valence-corrected chi connectivity index (χ4v) is 7.77. The number of hydrogen-bond acceptors (Lipinski definition) is 13. The van der Waals surface area contributed by atoms with Gasteiger partial charge in [0.05, 0.1) is 19.5 Å². The minimum atomic E-state index is -1.86. The lowest BCUT2D eigenvalue weighted by Crippen LogP contribution is -2.61. The number of aromatic hydroxyl groups is 1. The summed E-state index contributed by atoms with van der Waals surface area (Å²) in [5.74, 6) is -11.6. The van der Waals surface area contributed by atoms with Gasteiger partial charge in [-0.3, -0.25) is 56.9 Å². The van der Waals surface area contributed by atoms with Crippen molar-refractivity contribution >= 4 is 75.8 Å². The Balaban J connectivity index is 2.60. The number of benzene rings is 1. The van der Waals surface area contributed by atoms with Gasteiger partial charge in [-0.2, -0.15) is 0 Å². The number of rotatable bonds is 18. The zero-order chi connectivity index (χ0) is 50.5. The monoisotopic (exact) mass is 963 g/mol. The Hall–Kier alpha value is -6.66. The van der Waals surface area contributed by atoms with Crippen molar-refractivity contribution in [1.82, 2.24) is 42.1 Å². The predicted molar refractivity (Wildman–Crippen MR) is 241 cm³/mol. The maximum absolute atomic E-state index is 14.0. The summed E-state index contributed by atoms with van der Waals surface area (Å²) in [6, 6.07) is -3.01. The number of nitrogens with zero attached hydrogens (tertiary/aromatic N) is 1. The van der Waals surface area contributed by atoms with E-state index < -0.39 is 156 Å². The molecule has 0 radical (unpaired) electrons. The molecule has 0 aliphatic carbocycles. The van der Waals surface area contributed by atoms with Crippen LogP contribution in [0.1, 0.15) is 78.2 Å². The van der Waals surface area contributed by atoms with Crippen molar-refractivity contribution in [3.05, 3.63) is 29.8 Å². The number of carbonyl (C=O) groups excluding carboxylic acids is 11. The molecular weight excluding hydrogens is 899 g/mol. The molecular formula is C42H65N11O13S. The van der Waals surface area contributed by atoms with E-state index in [0.29, 0.717) is 18.4 Å². The number of nitrogens with one attached hydrogen (secondary N) is 7. The van der Waals surface area contributed by atoms with E-state index in [1.54, 1.807) is 27.7 Å². The number of carbonyl (C=O) groups is 11. The zero-order valence-corrected chi connectivity index (χ0v) is 39.2. The summed E-state index contributed by atoms with van der Waals surface area (Å²) in [6.07, 6.45) is -1.83. The van der Waals surface area contributed by atoms with Crippen LogP contribution in [0.15, 0.2) is 24.3 Å². The number of likely N-dealkylation sites (N-methyl/N-ethyl adjacent to an activating group) is 1. The summed E-state index contributed by atoms with van der Waals surface area (Å²) in [5, 5.41) is 27.2. The van der Waals surface area contributed by atoms with E-state index in [0.717, 1.165) is 4.90 Å². The Morgan fingerprint density at radius 2 is 1.40 bits per heavy atom. The largest absolute Gasteiger partial charge is 0.508 e. The van der Waals surface area contributed by atoms with E-state index in [1.165, 1.54) is 31.3 Å². The standard InChI is InChI=1S/C42H65N11O13S/c1-6-22(3)35(40(63)46-20-32(45)57)51-34(59)21-53(5)42(65)27-14-16-67(66)17-15-33(58)47-28(18-24-8-10-25(54)11-9-24)39(62)52-36(23(4)7-2)41(64)48-26(12-13-30(43)55)37(60)50-29(19-31(44)56)38(61)49-27/h8-11,22-23,26-29,35-36,54H,6-7,12-21H2,1-5H3,(H2,43,55)(H2,44,56)(H2,45,57)(H,46,63)(H,47,58)(H,48,64)(H,49,61)(H,50,60)(H,51,59)(H,52,62)/t22-,23-,26-,27-,28+,29-,35-,36-,67?/m0/s1. The molecule has 0 bridgehead atoms. The van der Waals surface area contributed by atoms with Crippen LogP contribution in [0.3, 0.4) is 0 Å². The molecule has 0 aromatic heterocycles. The van der Waals surface area contributed by atoms with Gasteiger partial charge in [0.2, 0.25) is 65.0 Å². The Labute approximate surface area is 390 Å². The van der Waals surface area contributed by atoms with Gasteiger partial charge in [-0.25, -0.2) is 0 Å². The van der Waals surface area contributed by atoms with Crippen molar-refractivity contribution in [3.63, 3.8) is 0 Å². The lowest BCUT2D eigenvalue weighted by molar-refractivity contribution is -0.140. The van der Waals surface area contributed by atoms with Crippen LogP contribution < -0.4 is 54.4 Å². The molecule has 14 N–H and O–H groups in total. The molecule has 372 valence electrons. The van der Waals surface area contributed by atoms with Crippen LogP contribution in [-0.2, 0) is 70.0 Å². The van der Waals surface area contributed by atoms with Gasteiger partial charge in [0.15, 0.2) is 0 Å². The third-order valence-electron chi connectivity index (χ3n) is 11.0. The van der Waals surface area contributed by atoms with Crippen LogP contribution in [-0.4, -0.2) is 147 Å². The molecule has 1 heterocycles. The first-order chi connectivity index (χ1) is 31.4. The lowest BCUT2D eigenvalue weighted by Gasteiger charge is -2.30. The van der Waals surface area contributed by atoms with Crippen LogP contribution >= 0.6 is 0 Å². The lowest BCUT2D eigenvalue weighted by atomic mass is 9.96. The molecule has 1 aromatic rings. The summed E-state index contributed by atoms with van der Waals surface area (Å²) in [6.45, 7) is 5.61. The molecule has 2 rings (SSSR count). The van der Waals surface area contributed by atoms with Crippen LogP contribution in [0.4, 0.5) is 0 Å². The maximum atomic E-state index is 14.0. The highest BCUT2D eigenvalue weighted by molar-refractivity contribution is 7.85. The molecule has 0 saturated carbocycles. The Kier molecular flexibility index (Phi) is 23.4. The van der Waals surface area contributed by atoms with Crippen molar-refractivity contribution in [2.45, 2.75) is 115 Å². The van der Waals surface area contributed by atoms with Crippen molar-refractivity contribution in [2.75, 3.05) is 31.6 Å². The molecule has 9 atom stereocenters. The van der Waals surface area contributed by atoms with Gasteiger partial charge in [0.1, 0.15) is 42.0 Å². The van der Waals surface area contributed by atoms with Gasteiger partial charge in [0.25, 0.3) is 0 Å². The van der Waals surface area contributed by atoms with Crippen LogP contribution in [0, 0.1) is 11.8 Å². The molecule has 1 aliphatic heterocycles. The Bertz CT molecular complexity index is 2000. The van der Waals surface area contributed by atoms with Crippen LogP contribution in [0.5, 0.6) is 5.75 Å². The third-order valence-corrected chi connectivity index (χ3v) is 12.3.